The van der Waals surface area contributed by atoms with Crippen molar-refractivity contribution in [2.24, 2.45) is 0 Å². The van der Waals surface area contributed by atoms with Gasteiger partial charge in [-0.1, -0.05) is 225 Å². The first kappa shape index (κ1) is 64.6. The molecule has 0 spiro atoms. The lowest BCUT2D eigenvalue weighted by atomic mass is 9.78. The number of aromatic amines is 2. The lowest BCUT2D eigenvalue weighted by Gasteiger charge is -2.26. The maximum absolute atomic E-state index is 6.73. The summed E-state index contributed by atoms with van der Waals surface area (Å²) in [5.74, 6) is 6.83. The fourth-order valence-electron chi connectivity index (χ4n) is 14.4. The zero-order chi connectivity index (χ0) is 70.9. The molecule has 2 aliphatic rings. The predicted octanol–water partition coefficient (Wildman–Crippen LogP) is 23.3. The van der Waals surface area contributed by atoms with E-state index in [1.807, 2.05) is 146 Å². The van der Waals surface area contributed by atoms with Crippen molar-refractivity contribution in [3.8, 4) is 91.5 Å². The quantitative estimate of drug-likeness (QED) is 0.0959. The largest absolute Gasteiger partial charge is 0.457 e. The summed E-state index contributed by atoms with van der Waals surface area (Å²) in [5.41, 5.74) is 13.6. The second-order valence-electron chi connectivity index (χ2n) is 28.9. The van der Waals surface area contributed by atoms with Crippen molar-refractivity contribution in [3.63, 3.8) is 0 Å². The van der Waals surface area contributed by atoms with Crippen LogP contribution in [0, 0.1) is 0 Å². The van der Waals surface area contributed by atoms with E-state index in [0.717, 1.165) is 32.7 Å². The Morgan fingerprint density at radius 2 is 0.423 bits per heavy atom. The minimum Gasteiger partial charge on any atom is -0.457 e. The second kappa shape index (κ2) is 25.7. The smallest absolute Gasteiger partial charge is 0.164 e. The number of hydrogen-bond donors (Lipinski definition) is 2. The molecule has 2 N–H and O–H groups in total. The van der Waals surface area contributed by atoms with Gasteiger partial charge in [-0.2, -0.15) is 0 Å². The van der Waals surface area contributed by atoms with Crippen LogP contribution in [0.1, 0.15) is 99.9 Å². The van der Waals surface area contributed by atoms with Crippen LogP contribution in [0.25, 0.3) is 89.7 Å². The Labute approximate surface area is 603 Å². The SMILES string of the molecule is CC(C)(c1ccccc1)c1ccc(Oc2ccc3c(c2)-c2nc-3nc3[nH]c(nc4nc(nc5[nH]c(n2)c2cc(Oc6ccc(C(C)(C)c7ccccc7)cc6)ccc52)-c2ccc(Oc5ccc(C(C)(C)c6ccccc6)cc5)cc2-4)c2cc(Oc4ccc(C(C)(C)c5ccccc5)cc4)ccc32)cc1. The van der Waals surface area contributed by atoms with Gasteiger partial charge in [-0.15, -0.1) is 0 Å². The Balaban J connectivity index is 0.816. The number of nitrogens with one attached hydrogen (secondary N) is 2. The van der Waals surface area contributed by atoms with Crippen LogP contribution in [0.3, 0.4) is 0 Å². The van der Waals surface area contributed by atoms with E-state index in [1.165, 1.54) is 44.5 Å². The van der Waals surface area contributed by atoms with E-state index in [-0.39, 0.29) is 21.7 Å². The van der Waals surface area contributed by atoms with Crippen LogP contribution in [0.4, 0.5) is 0 Å². The minimum atomic E-state index is -0.226. The Kier molecular flexibility index (Phi) is 15.9. The molecule has 0 saturated heterocycles. The predicted molar refractivity (Wildman–Crippen MR) is 416 cm³/mol. The fraction of sp³-hybridized carbons (Fsp3) is 0.130. The number of benzene rings is 12. The van der Waals surface area contributed by atoms with E-state index in [1.54, 1.807) is 0 Å². The zero-order valence-corrected chi connectivity index (χ0v) is 59.0. The number of rotatable bonds is 16. The highest BCUT2D eigenvalue weighted by Gasteiger charge is 2.29. The highest BCUT2D eigenvalue weighted by atomic mass is 16.5. The molecule has 104 heavy (non-hydrogen) atoms. The summed E-state index contributed by atoms with van der Waals surface area (Å²) in [6.07, 6.45) is 0. The summed E-state index contributed by atoms with van der Waals surface area (Å²) in [6.45, 7) is 17.9. The molecule has 0 saturated carbocycles. The molecule has 12 aromatic carbocycles. The van der Waals surface area contributed by atoms with E-state index in [9.17, 15) is 0 Å². The van der Waals surface area contributed by atoms with E-state index < -0.39 is 0 Å². The molecule has 0 atom stereocenters. The first-order valence-corrected chi connectivity index (χ1v) is 35.2. The van der Waals surface area contributed by atoms with Crippen LogP contribution in [-0.4, -0.2) is 39.9 Å². The number of nitrogens with zero attached hydrogens (tertiary/aromatic N) is 6. The third-order valence-corrected chi connectivity index (χ3v) is 20.9. The summed E-state index contributed by atoms with van der Waals surface area (Å²) in [7, 11) is 0. The lowest BCUT2D eigenvalue weighted by Crippen LogP contribution is -2.18. The number of hydrogen-bond acceptors (Lipinski definition) is 10. The van der Waals surface area contributed by atoms with E-state index in [2.05, 4.69) is 211 Å². The van der Waals surface area contributed by atoms with Crippen molar-refractivity contribution in [2.75, 3.05) is 0 Å². The van der Waals surface area contributed by atoms with Gasteiger partial charge < -0.3 is 28.9 Å². The van der Waals surface area contributed by atoms with E-state index >= 15 is 0 Å². The molecule has 12 nitrogen and oxygen atoms in total. The van der Waals surface area contributed by atoms with Crippen molar-refractivity contribution in [2.45, 2.75) is 77.0 Å². The van der Waals surface area contributed by atoms with Crippen LogP contribution in [0.2, 0.25) is 0 Å². The normalized spacial score (nSPS) is 12.2. The van der Waals surface area contributed by atoms with Gasteiger partial charge in [0.05, 0.1) is 0 Å². The number of ether oxygens (including phenoxy) is 4. The molecule has 3 aromatic heterocycles. The van der Waals surface area contributed by atoms with Crippen molar-refractivity contribution in [3.05, 3.63) is 336 Å². The first-order chi connectivity index (χ1) is 50.4. The van der Waals surface area contributed by atoms with Crippen LogP contribution in [-0.2, 0) is 21.7 Å². The Bertz CT molecular complexity index is 5570. The number of H-pyrrole nitrogens is 2. The summed E-state index contributed by atoms with van der Waals surface area (Å²) >= 11 is 0. The standard InChI is InChI=1S/C92H74N8O4/c1-89(2,57-21-13-9-14-22-57)61-29-37-65(38-30-61)101-69-45-49-73-77(53-69)85-95-81(73)93-82-75-51-47-71(103-67-41-33-63(34-42-67)91(5,6)59-25-17-11-18-26-59)55-79(75)87(97-82)100-88-80-56-72(104-68-43-35-64(36-44-68)92(7,8)60-27-19-12-20-28-60)48-52-76(80)84(98-88)94-83-74-50-46-70(54-78(74)86(96-83)99-85)102-66-39-31-62(32-40-66)90(3,4)58-23-15-10-16-24-58/h9-56H,1-8H3,(H2,93,94,95,96,97,98,99,100). The molecule has 2 aliphatic heterocycles. The first-order valence-electron chi connectivity index (χ1n) is 35.2. The molecular formula is C92H74N8O4. The molecule has 8 bridgehead atoms. The third-order valence-electron chi connectivity index (χ3n) is 20.9. The van der Waals surface area contributed by atoms with Crippen LogP contribution in [0.15, 0.2) is 291 Å². The minimum absolute atomic E-state index is 0.225. The van der Waals surface area contributed by atoms with Gasteiger partial charge in [-0.05, 0) is 166 Å². The van der Waals surface area contributed by atoms with Gasteiger partial charge >= 0.3 is 0 Å². The van der Waals surface area contributed by atoms with Gasteiger partial charge in [-0.3, -0.25) is 0 Å². The summed E-state index contributed by atoms with van der Waals surface area (Å²) in [4.78, 5) is 39.8. The maximum atomic E-state index is 6.73. The van der Waals surface area contributed by atoms with Crippen molar-refractivity contribution < 1.29 is 18.9 Å². The maximum Gasteiger partial charge on any atom is 0.164 e. The molecule has 0 radical (unpaired) electrons. The highest BCUT2D eigenvalue weighted by Crippen LogP contribution is 2.44. The molecule has 12 heteroatoms. The zero-order valence-electron chi connectivity index (χ0n) is 59.0. The van der Waals surface area contributed by atoms with E-state index in [4.69, 9.17) is 48.9 Å². The molecule has 15 aromatic rings. The van der Waals surface area contributed by atoms with Gasteiger partial charge in [0, 0.05) is 65.5 Å². The molecule has 17 rings (SSSR count). The third kappa shape index (κ3) is 12.1. The number of aromatic nitrogens is 8. The summed E-state index contributed by atoms with van der Waals surface area (Å²) in [5, 5.41) is 3.04. The van der Waals surface area contributed by atoms with Crippen LogP contribution < -0.4 is 18.9 Å². The Morgan fingerprint density at radius 1 is 0.202 bits per heavy atom. The molecular weight excluding hydrogens is 1280 g/mol. The highest BCUT2D eigenvalue weighted by molar-refractivity contribution is 6.07. The molecule has 0 aliphatic carbocycles. The average Bonchev–Trinajstić information content (AvgIpc) is 1.59. The van der Waals surface area contributed by atoms with Gasteiger partial charge in [0.2, 0.25) is 0 Å². The Hall–Kier alpha value is -12.8. The van der Waals surface area contributed by atoms with Crippen molar-refractivity contribution in [1.82, 2.24) is 39.9 Å². The monoisotopic (exact) mass is 1350 g/mol. The van der Waals surface area contributed by atoms with Gasteiger partial charge in [0.15, 0.2) is 23.3 Å². The summed E-state index contributed by atoms with van der Waals surface area (Å²) in [6, 6.07) is 99.2. The van der Waals surface area contributed by atoms with Crippen LogP contribution in [0.5, 0.6) is 46.0 Å². The second-order valence-corrected chi connectivity index (χ2v) is 28.9. The van der Waals surface area contributed by atoms with Gasteiger partial charge in [0.1, 0.15) is 68.6 Å². The lowest BCUT2D eigenvalue weighted by molar-refractivity contribution is 0.482. The van der Waals surface area contributed by atoms with Crippen molar-refractivity contribution >= 4 is 44.1 Å². The van der Waals surface area contributed by atoms with Crippen LogP contribution >= 0.6 is 0 Å². The molecule has 0 amide bonds. The van der Waals surface area contributed by atoms with E-state index in [0.29, 0.717) is 103 Å². The fourth-order valence-corrected chi connectivity index (χ4v) is 14.4. The topological polar surface area (TPSA) is 146 Å². The van der Waals surface area contributed by atoms with Gasteiger partial charge in [-0.25, -0.2) is 29.9 Å². The summed E-state index contributed by atoms with van der Waals surface area (Å²) < 4.78 is 26.9. The van der Waals surface area contributed by atoms with Gasteiger partial charge in [0.25, 0.3) is 0 Å². The molecule has 5 heterocycles. The Morgan fingerprint density at radius 3 is 0.702 bits per heavy atom. The molecule has 506 valence electrons. The molecule has 0 fully saturated rings. The number of fused-ring (bicyclic) bond motifs is 20. The average molecular weight is 1360 g/mol. The molecule has 0 unspecified atom stereocenters. The van der Waals surface area contributed by atoms with Crippen molar-refractivity contribution in [1.29, 1.82) is 0 Å².